The van der Waals surface area contributed by atoms with Crippen LogP contribution in [0.1, 0.15) is 37.0 Å². The van der Waals surface area contributed by atoms with Crippen molar-refractivity contribution in [1.82, 2.24) is 19.9 Å². The summed E-state index contributed by atoms with van der Waals surface area (Å²) in [4.78, 5) is 27.2. The lowest BCUT2D eigenvalue weighted by atomic mass is 9.93. The predicted octanol–water partition coefficient (Wildman–Crippen LogP) is 3.02. The number of amides is 1. The first kappa shape index (κ1) is 16.1. The average molecular weight is 330 g/mol. The summed E-state index contributed by atoms with van der Waals surface area (Å²) in [7, 11) is 0. The molecule has 3 heterocycles. The van der Waals surface area contributed by atoms with Crippen molar-refractivity contribution in [2.75, 3.05) is 13.1 Å². The molecule has 0 aliphatic carbocycles. The van der Waals surface area contributed by atoms with E-state index in [1.54, 1.807) is 18.3 Å². The maximum Gasteiger partial charge on any atom is 0.219 e. The number of thiazole rings is 1. The summed E-state index contributed by atoms with van der Waals surface area (Å²) >= 11 is 1.62. The molecule has 0 atom stereocenters. The minimum atomic E-state index is 0.177. The second kappa shape index (κ2) is 6.74. The van der Waals surface area contributed by atoms with E-state index in [4.69, 9.17) is 4.98 Å². The third-order valence-electron chi connectivity index (χ3n) is 4.27. The van der Waals surface area contributed by atoms with Gasteiger partial charge in [0.1, 0.15) is 16.5 Å². The van der Waals surface area contributed by atoms with Gasteiger partial charge in [-0.1, -0.05) is 0 Å². The summed E-state index contributed by atoms with van der Waals surface area (Å²) in [6, 6.07) is 2.00. The van der Waals surface area contributed by atoms with Gasteiger partial charge in [0.15, 0.2) is 0 Å². The molecular formula is C17H22N4OS. The number of piperidine rings is 1. The van der Waals surface area contributed by atoms with E-state index >= 15 is 0 Å². The molecule has 0 unspecified atom stereocenters. The first-order chi connectivity index (χ1) is 11.0. The number of rotatable bonds is 3. The number of aromatic nitrogens is 3. The van der Waals surface area contributed by atoms with Crippen LogP contribution < -0.4 is 0 Å². The van der Waals surface area contributed by atoms with Crippen LogP contribution in [0.4, 0.5) is 0 Å². The van der Waals surface area contributed by atoms with Crippen molar-refractivity contribution in [1.29, 1.82) is 0 Å². The van der Waals surface area contributed by atoms with E-state index in [9.17, 15) is 4.79 Å². The molecule has 6 heteroatoms. The van der Waals surface area contributed by atoms with Crippen molar-refractivity contribution in [2.24, 2.45) is 5.92 Å². The Morgan fingerprint density at radius 2 is 1.96 bits per heavy atom. The zero-order chi connectivity index (χ0) is 16.4. The Kier molecular flexibility index (Phi) is 4.71. The van der Waals surface area contributed by atoms with E-state index in [-0.39, 0.29) is 5.91 Å². The minimum Gasteiger partial charge on any atom is -0.343 e. The van der Waals surface area contributed by atoms with Gasteiger partial charge in [0, 0.05) is 43.2 Å². The van der Waals surface area contributed by atoms with Crippen LogP contribution in [0.3, 0.4) is 0 Å². The second-order valence-electron chi connectivity index (χ2n) is 6.26. The summed E-state index contributed by atoms with van der Waals surface area (Å²) in [5, 5.41) is 3.00. The molecule has 3 rings (SSSR count). The largest absolute Gasteiger partial charge is 0.343 e. The molecule has 23 heavy (non-hydrogen) atoms. The molecule has 0 spiro atoms. The van der Waals surface area contributed by atoms with Crippen LogP contribution in [0.25, 0.3) is 10.7 Å². The second-order valence-corrected chi connectivity index (χ2v) is 7.12. The Bertz CT molecular complexity index is 704. The summed E-state index contributed by atoms with van der Waals surface area (Å²) in [6.45, 7) is 7.35. The highest BCUT2D eigenvalue weighted by atomic mass is 32.1. The van der Waals surface area contributed by atoms with Crippen molar-refractivity contribution in [3.8, 4) is 10.7 Å². The maximum atomic E-state index is 11.4. The van der Waals surface area contributed by atoms with E-state index in [1.165, 1.54) is 0 Å². The van der Waals surface area contributed by atoms with Crippen LogP contribution in [0.2, 0.25) is 0 Å². The Labute approximate surface area is 140 Å². The van der Waals surface area contributed by atoms with Gasteiger partial charge in [0.2, 0.25) is 5.91 Å². The molecule has 2 aromatic heterocycles. The van der Waals surface area contributed by atoms with Crippen LogP contribution in [-0.2, 0) is 11.2 Å². The number of hydrogen-bond donors (Lipinski definition) is 0. The van der Waals surface area contributed by atoms with Crippen molar-refractivity contribution < 1.29 is 4.79 Å². The smallest absolute Gasteiger partial charge is 0.219 e. The first-order valence-corrected chi connectivity index (χ1v) is 8.92. The van der Waals surface area contributed by atoms with E-state index in [0.29, 0.717) is 5.92 Å². The van der Waals surface area contributed by atoms with Gasteiger partial charge in [-0.15, -0.1) is 11.3 Å². The molecular weight excluding hydrogens is 308 g/mol. The van der Waals surface area contributed by atoms with Crippen LogP contribution >= 0.6 is 11.3 Å². The van der Waals surface area contributed by atoms with Crippen molar-refractivity contribution >= 4 is 17.2 Å². The van der Waals surface area contributed by atoms with Gasteiger partial charge >= 0.3 is 0 Å². The van der Waals surface area contributed by atoms with E-state index in [1.807, 2.05) is 30.2 Å². The predicted molar refractivity (Wildman–Crippen MR) is 91.3 cm³/mol. The summed E-state index contributed by atoms with van der Waals surface area (Å²) in [6.07, 6.45) is 2.94. The monoisotopic (exact) mass is 330 g/mol. The van der Waals surface area contributed by atoms with Crippen molar-refractivity contribution in [3.63, 3.8) is 0 Å². The fourth-order valence-corrected chi connectivity index (χ4v) is 3.77. The van der Waals surface area contributed by atoms with Crippen LogP contribution in [-0.4, -0.2) is 38.8 Å². The van der Waals surface area contributed by atoms with E-state index < -0.39 is 0 Å². The lowest BCUT2D eigenvalue weighted by molar-refractivity contribution is -0.130. The molecule has 2 aromatic rings. The number of carbonyl (C=O) groups excluding carboxylic acids is 1. The molecule has 1 aliphatic rings. The summed E-state index contributed by atoms with van der Waals surface area (Å²) in [5.41, 5.74) is 2.94. The number of carbonyl (C=O) groups is 1. The molecule has 5 nitrogen and oxygen atoms in total. The molecule has 0 bridgehead atoms. The fourth-order valence-electron chi connectivity index (χ4n) is 3.01. The molecule has 1 fully saturated rings. The summed E-state index contributed by atoms with van der Waals surface area (Å²) < 4.78 is 0. The Morgan fingerprint density at radius 3 is 2.57 bits per heavy atom. The Balaban J connectivity index is 1.71. The molecule has 0 saturated carbocycles. The van der Waals surface area contributed by atoms with Gasteiger partial charge in [-0.05, 0) is 38.7 Å². The number of likely N-dealkylation sites (tertiary alicyclic amines) is 1. The van der Waals surface area contributed by atoms with E-state index in [0.717, 1.165) is 60.3 Å². The van der Waals surface area contributed by atoms with Gasteiger partial charge in [-0.3, -0.25) is 4.79 Å². The topological polar surface area (TPSA) is 59.0 Å². The van der Waals surface area contributed by atoms with Crippen molar-refractivity contribution in [2.45, 2.75) is 40.0 Å². The third kappa shape index (κ3) is 3.93. The Morgan fingerprint density at radius 1 is 1.22 bits per heavy atom. The normalized spacial score (nSPS) is 15.9. The molecule has 0 radical (unpaired) electrons. The van der Waals surface area contributed by atoms with Crippen molar-refractivity contribution in [3.05, 3.63) is 28.7 Å². The van der Waals surface area contributed by atoms with Gasteiger partial charge in [-0.25, -0.2) is 15.0 Å². The van der Waals surface area contributed by atoms with E-state index in [2.05, 4.69) is 9.97 Å². The summed E-state index contributed by atoms with van der Waals surface area (Å²) in [5.74, 6) is 1.63. The minimum absolute atomic E-state index is 0.177. The highest BCUT2D eigenvalue weighted by Crippen LogP contribution is 2.24. The van der Waals surface area contributed by atoms with Gasteiger partial charge < -0.3 is 4.90 Å². The number of aryl methyl sites for hydroxylation is 2. The molecule has 0 N–H and O–H groups in total. The van der Waals surface area contributed by atoms with Gasteiger partial charge in [0.25, 0.3) is 0 Å². The number of nitrogens with zero attached hydrogens (tertiary/aromatic N) is 4. The maximum absolute atomic E-state index is 11.4. The molecule has 1 saturated heterocycles. The Hall–Kier alpha value is -1.82. The molecule has 1 amide bonds. The zero-order valence-electron chi connectivity index (χ0n) is 13.9. The lowest BCUT2D eigenvalue weighted by Gasteiger charge is -2.31. The van der Waals surface area contributed by atoms with Gasteiger partial charge in [0.05, 0.1) is 0 Å². The van der Waals surface area contributed by atoms with Gasteiger partial charge in [-0.2, -0.15) is 0 Å². The molecule has 0 aromatic carbocycles. The fraction of sp³-hybridized carbons (Fsp3) is 0.529. The highest BCUT2D eigenvalue weighted by molar-refractivity contribution is 7.13. The quantitative estimate of drug-likeness (QED) is 0.868. The molecule has 1 aliphatic heterocycles. The first-order valence-electron chi connectivity index (χ1n) is 8.04. The standard InChI is InChI=1S/C17H22N4OS/c1-11-8-15(17-19-12(2)10-23-17)20-16(18-11)9-14-4-6-21(7-5-14)13(3)22/h8,10,14H,4-7,9H2,1-3H3. The van der Waals surface area contributed by atoms with Crippen LogP contribution in [0, 0.1) is 19.8 Å². The third-order valence-corrected chi connectivity index (χ3v) is 5.25. The number of hydrogen-bond acceptors (Lipinski definition) is 5. The molecule has 122 valence electrons. The lowest BCUT2D eigenvalue weighted by Crippen LogP contribution is -2.37. The highest BCUT2D eigenvalue weighted by Gasteiger charge is 2.22. The zero-order valence-corrected chi connectivity index (χ0v) is 14.7. The average Bonchev–Trinajstić information content (AvgIpc) is 2.94. The van der Waals surface area contributed by atoms with Crippen LogP contribution in [0.15, 0.2) is 11.4 Å². The van der Waals surface area contributed by atoms with Crippen LogP contribution in [0.5, 0.6) is 0 Å². The SMILES string of the molecule is CC(=O)N1CCC(Cc2nc(C)cc(-c3nc(C)cs3)n2)CC1.